The number of nitrogens with zero attached hydrogens (tertiary/aromatic N) is 1. The van der Waals surface area contributed by atoms with Gasteiger partial charge in [0, 0.05) is 23.1 Å². The van der Waals surface area contributed by atoms with E-state index in [1.54, 1.807) is 12.1 Å². The van der Waals surface area contributed by atoms with Crippen molar-refractivity contribution in [2.75, 3.05) is 4.90 Å². The van der Waals surface area contributed by atoms with Gasteiger partial charge < -0.3 is 4.90 Å². The first-order chi connectivity index (χ1) is 9.38. The van der Waals surface area contributed by atoms with Crippen LogP contribution in [0.4, 0.5) is 18.9 Å². The summed E-state index contributed by atoms with van der Waals surface area (Å²) in [5.41, 5.74) is 0.474. The Balaban J connectivity index is 2.50. The van der Waals surface area contributed by atoms with E-state index in [4.69, 9.17) is 0 Å². The molecule has 0 aromatic heterocycles. The number of halogens is 4. The molecule has 0 aliphatic carbocycles. The summed E-state index contributed by atoms with van der Waals surface area (Å²) < 4.78 is 40.0. The van der Waals surface area contributed by atoms with Crippen LogP contribution in [0.15, 0.2) is 18.2 Å². The summed E-state index contributed by atoms with van der Waals surface area (Å²) in [5.74, 6) is 0. The minimum Gasteiger partial charge on any atom is -0.365 e. The molecule has 5 heteroatoms. The van der Waals surface area contributed by atoms with Crippen molar-refractivity contribution in [3.63, 3.8) is 0 Å². The maximum atomic E-state index is 13.3. The molecule has 1 heterocycles. The summed E-state index contributed by atoms with van der Waals surface area (Å²) >= 11 is 3.22. The minimum absolute atomic E-state index is 0.163. The zero-order valence-corrected chi connectivity index (χ0v) is 13.3. The fraction of sp³-hybridized carbons (Fsp3) is 0.600. The molecular weight excluding hydrogens is 331 g/mol. The molecular formula is C15H19BrF3N. The van der Waals surface area contributed by atoms with E-state index in [0.29, 0.717) is 16.6 Å². The summed E-state index contributed by atoms with van der Waals surface area (Å²) in [6.45, 7) is 4.05. The van der Waals surface area contributed by atoms with E-state index in [1.807, 2.05) is 18.7 Å². The second-order valence-corrected chi connectivity index (χ2v) is 5.94. The number of anilines is 1. The van der Waals surface area contributed by atoms with Gasteiger partial charge in [0.25, 0.3) is 0 Å². The van der Waals surface area contributed by atoms with E-state index in [2.05, 4.69) is 15.9 Å². The van der Waals surface area contributed by atoms with Gasteiger partial charge in [-0.15, -0.1) is 0 Å². The lowest BCUT2D eigenvalue weighted by molar-refractivity contribution is -0.137. The highest BCUT2D eigenvalue weighted by Crippen LogP contribution is 2.41. The maximum Gasteiger partial charge on any atom is 0.418 e. The Kier molecular flexibility index (Phi) is 4.67. The minimum atomic E-state index is -4.31. The smallest absolute Gasteiger partial charge is 0.365 e. The lowest BCUT2D eigenvalue weighted by Gasteiger charge is -2.32. The molecule has 1 aromatic rings. The van der Waals surface area contributed by atoms with Gasteiger partial charge in [0.1, 0.15) is 0 Å². The van der Waals surface area contributed by atoms with Gasteiger partial charge in [0.05, 0.1) is 5.56 Å². The van der Waals surface area contributed by atoms with Crippen LogP contribution in [-0.2, 0) is 11.5 Å². The summed E-state index contributed by atoms with van der Waals surface area (Å²) in [6, 6.07) is 5.04. The molecule has 20 heavy (non-hydrogen) atoms. The first-order valence-electron chi connectivity index (χ1n) is 6.93. The van der Waals surface area contributed by atoms with E-state index in [9.17, 15) is 13.2 Å². The summed E-state index contributed by atoms with van der Waals surface area (Å²) in [4.78, 5) is 1.96. The van der Waals surface area contributed by atoms with Crippen LogP contribution >= 0.6 is 15.9 Å². The molecule has 2 atom stereocenters. The van der Waals surface area contributed by atoms with Crippen molar-refractivity contribution in [2.45, 2.75) is 56.7 Å². The molecule has 1 aliphatic heterocycles. The Morgan fingerprint density at radius 3 is 2.55 bits per heavy atom. The number of hydrogen-bond acceptors (Lipinski definition) is 1. The SMILES string of the molecule is CCC1CCC(C)N1c1ccc(CBr)cc1C(F)(F)F. The fourth-order valence-electron chi connectivity index (χ4n) is 3.03. The quantitative estimate of drug-likeness (QED) is 0.663. The highest BCUT2D eigenvalue weighted by atomic mass is 79.9. The van der Waals surface area contributed by atoms with Crippen molar-refractivity contribution >= 4 is 21.6 Å². The Hall–Kier alpha value is -0.710. The first kappa shape index (κ1) is 15.7. The van der Waals surface area contributed by atoms with Crippen molar-refractivity contribution < 1.29 is 13.2 Å². The average molecular weight is 350 g/mol. The van der Waals surface area contributed by atoms with Gasteiger partial charge in [0.2, 0.25) is 0 Å². The second kappa shape index (κ2) is 5.96. The summed E-state index contributed by atoms with van der Waals surface area (Å²) in [5, 5.41) is 0.434. The van der Waals surface area contributed by atoms with Crippen molar-refractivity contribution in [1.82, 2.24) is 0 Å². The molecule has 0 saturated carbocycles. The average Bonchev–Trinajstić information content (AvgIpc) is 2.78. The van der Waals surface area contributed by atoms with Crippen molar-refractivity contribution in [3.8, 4) is 0 Å². The Morgan fingerprint density at radius 1 is 1.30 bits per heavy atom. The summed E-state index contributed by atoms with van der Waals surface area (Å²) in [7, 11) is 0. The van der Waals surface area contributed by atoms with Crippen LogP contribution in [0.1, 0.15) is 44.2 Å². The van der Waals surface area contributed by atoms with E-state index in [0.717, 1.165) is 19.3 Å². The molecule has 2 rings (SSSR count). The molecule has 0 spiro atoms. The Morgan fingerprint density at radius 2 is 2.00 bits per heavy atom. The first-order valence-corrected chi connectivity index (χ1v) is 8.05. The van der Waals surface area contributed by atoms with Crippen LogP contribution in [0.2, 0.25) is 0 Å². The lowest BCUT2D eigenvalue weighted by atomic mass is 10.1. The number of benzene rings is 1. The van der Waals surface area contributed by atoms with Crippen LogP contribution in [0.25, 0.3) is 0 Å². The van der Waals surface area contributed by atoms with E-state index < -0.39 is 11.7 Å². The van der Waals surface area contributed by atoms with Crippen molar-refractivity contribution in [1.29, 1.82) is 0 Å². The number of alkyl halides is 4. The third-order valence-electron chi connectivity index (χ3n) is 4.06. The Bertz CT molecular complexity index is 473. The van der Waals surface area contributed by atoms with Gasteiger partial charge in [0.15, 0.2) is 0 Å². The molecule has 0 bridgehead atoms. The zero-order chi connectivity index (χ0) is 14.9. The molecule has 2 unspecified atom stereocenters. The van der Waals surface area contributed by atoms with Crippen LogP contribution in [0.3, 0.4) is 0 Å². The highest BCUT2D eigenvalue weighted by molar-refractivity contribution is 9.08. The summed E-state index contributed by atoms with van der Waals surface area (Å²) in [6.07, 6.45) is -1.51. The predicted octanol–water partition coefficient (Wildman–Crippen LogP) is 5.37. The molecule has 1 aromatic carbocycles. The second-order valence-electron chi connectivity index (χ2n) is 5.38. The van der Waals surface area contributed by atoms with Gasteiger partial charge in [-0.2, -0.15) is 13.2 Å². The third kappa shape index (κ3) is 2.97. The van der Waals surface area contributed by atoms with E-state index in [1.165, 1.54) is 6.07 Å². The van der Waals surface area contributed by atoms with Crippen LogP contribution in [-0.4, -0.2) is 12.1 Å². The molecule has 1 fully saturated rings. The molecule has 112 valence electrons. The van der Waals surface area contributed by atoms with Crippen LogP contribution in [0, 0.1) is 0 Å². The standard InChI is InChI=1S/C15H19BrF3N/c1-3-12-6-4-10(2)20(12)14-7-5-11(9-16)8-13(14)15(17,18)19/h5,7-8,10,12H,3-4,6,9H2,1-2H3. The van der Waals surface area contributed by atoms with Gasteiger partial charge in [-0.1, -0.05) is 28.9 Å². The van der Waals surface area contributed by atoms with E-state index in [-0.39, 0.29) is 12.1 Å². The van der Waals surface area contributed by atoms with Gasteiger partial charge >= 0.3 is 6.18 Å². The van der Waals surface area contributed by atoms with E-state index >= 15 is 0 Å². The number of rotatable bonds is 3. The normalized spacial score (nSPS) is 23.4. The zero-order valence-electron chi connectivity index (χ0n) is 11.7. The molecule has 0 amide bonds. The molecule has 0 N–H and O–H groups in total. The number of hydrogen-bond donors (Lipinski definition) is 0. The topological polar surface area (TPSA) is 3.24 Å². The highest BCUT2D eigenvalue weighted by Gasteiger charge is 2.39. The molecule has 0 radical (unpaired) electrons. The fourth-order valence-corrected chi connectivity index (χ4v) is 3.37. The monoisotopic (exact) mass is 349 g/mol. The predicted molar refractivity (Wildman–Crippen MR) is 79.3 cm³/mol. The largest absolute Gasteiger partial charge is 0.418 e. The van der Waals surface area contributed by atoms with Gasteiger partial charge in [-0.3, -0.25) is 0 Å². The molecule has 1 nitrogen and oxygen atoms in total. The molecule has 1 aliphatic rings. The lowest BCUT2D eigenvalue weighted by Crippen LogP contribution is -2.35. The van der Waals surface area contributed by atoms with Crippen molar-refractivity contribution in [3.05, 3.63) is 29.3 Å². The third-order valence-corrected chi connectivity index (χ3v) is 4.70. The Labute approximate surface area is 126 Å². The van der Waals surface area contributed by atoms with Crippen molar-refractivity contribution in [2.24, 2.45) is 0 Å². The maximum absolute atomic E-state index is 13.3. The molecule has 1 saturated heterocycles. The van der Waals surface area contributed by atoms with Crippen LogP contribution in [0.5, 0.6) is 0 Å². The van der Waals surface area contributed by atoms with Gasteiger partial charge in [-0.05, 0) is 43.9 Å². The van der Waals surface area contributed by atoms with Gasteiger partial charge in [-0.25, -0.2) is 0 Å². The van der Waals surface area contributed by atoms with Crippen LogP contribution < -0.4 is 4.90 Å².